The van der Waals surface area contributed by atoms with Gasteiger partial charge in [-0.3, -0.25) is 9.20 Å². The Balaban J connectivity index is 1.85. The molecule has 0 unspecified atom stereocenters. The maximum Gasteiger partial charge on any atom is 0.303 e. The van der Waals surface area contributed by atoms with Crippen molar-refractivity contribution in [3.8, 4) is 11.3 Å². The molecule has 0 saturated carbocycles. The van der Waals surface area contributed by atoms with E-state index in [-0.39, 0.29) is 6.42 Å². The van der Waals surface area contributed by atoms with E-state index in [2.05, 4.69) is 46.0 Å². The van der Waals surface area contributed by atoms with Crippen molar-refractivity contribution in [3.63, 3.8) is 0 Å². The fraction of sp³-hybridized carbons (Fsp3) is 0.250. The molecule has 1 N–H and O–H groups in total. The molecule has 0 aliphatic carbocycles. The van der Waals surface area contributed by atoms with Gasteiger partial charge in [-0.05, 0) is 19.8 Å². The molecule has 0 aliphatic heterocycles. The first kappa shape index (κ1) is 13.8. The fourth-order valence-corrected chi connectivity index (χ4v) is 3.20. The molecule has 21 heavy (non-hydrogen) atoms. The zero-order valence-electron chi connectivity index (χ0n) is 11.7. The summed E-state index contributed by atoms with van der Waals surface area (Å²) in [4.78, 5) is 16.2. The summed E-state index contributed by atoms with van der Waals surface area (Å²) in [5.74, 6) is -0.743. The number of thiazole rings is 1. The number of hydrogen-bond acceptors (Lipinski definition) is 3. The van der Waals surface area contributed by atoms with E-state index in [0.717, 1.165) is 28.3 Å². The molecule has 2 aromatic heterocycles. The van der Waals surface area contributed by atoms with E-state index in [4.69, 9.17) is 5.11 Å². The first-order chi connectivity index (χ1) is 10.1. The lowest BCUT2D eigenvalue weighted by Crippen LogP contribution is -1.97. The summed E-state index contributed by atoms with van der Waals surface area (Å²) >= 11 is 1.60. The molecule has 0 atom stereocenters. The highest BCUT2D eigenvalue weighted by molar-refractivity contribution is 7.15. The van der Waals surface area contributed by atoms with Crippen LogP contribution >= 0.6 is 11.3 Å². The normalized spacial score (nSPS) is 11.1. The van der Waals surface area contributed by atoms with Crippen LogP contribution in [0.2, 0.25) is 0 Å². The van der Waals surface area contributed by atoms with Gasteiger partial charge in [-0.25, -0.2) is 4.98 Å². The van der Waals surface area contributed by atoms with Gasteiger partial charge in [-0.1, -0.05) is 29.8 Å². The predicted molar refractivity (Wildman–Crippen MR) is 83.8 cm³/mol. The number of carboxylic acid groups (broad SMARTS) is 1. The predicted octanol–water partition coefficient (Wildman–Crippen LogP) is 3.78. The topological polar surface area (TPSA) is 54.6 Å². The first-order valence-electron chi connectivity index (χ1n) is 6.88. The number of aromatic nitrogens is 2. The van der Waals surface area contributed by atoms with Crippen molar-refractivity contribution in [1.29, 1.82) is 0 Å². The van der Waals surface area contributed by atoms with Crippen LogP contribution in [0.1, 0.15) is 24.1 Å². The van der Waals surface area contributed by atoms with Crippen LogP contribution in [0.4, 0.5) is 0 Å². The van der Waals surface area contributed by atoms with Gasteiger partial charge in [0.15, 0.2) is 4.96 Å². The standard InChI is InChI=1S/C16H16N2O2S/c1-11-5-7-12(8-6-11)14-9-18-13(3-2-4-15(19)20)10-21-16(18)17-14/h5-10H,2-4H2,1H3,(H,19,20). The lowest BCUT2D eigenvalue weighted by molar-refractivity contribution is -0.137. The van der Waals surface area contributed by atoms with Crippen LogP contribution < -0.4 is 0 Å². The van der Waals surface area contributed by atoms with Gasteiger partial charge < -0.3 is 5.11 Å². The zero-order chi connectivity index (χ0) is 14.8. The second kappa shape index (κ2) is 5.69. The number of aryl methyl sites for hydroxylation is 2. The molecule has 0 fully saturated rings. The lowest BCUT2D eigenvalue weighted by Gasteiger charge is -1.98. The molecule has 0 radical (unpaired) electrons. The summed E-state index contributed by atoms with van der Waals surface area (Å²) in [6, 6.07) is 8.31. The van der Waals surface area contributed by atoms with Gasteiger partial charge in [0.2, 0.25) is 0 Å². The van der Waals surface area contributed by atoms with Crippen LogP contribution in [0.25, 0.3) is 16.2 Å². The first-order valence-corrected chi connectivity index (χ1v) is 7.76. The average molecular weight is 300 g/mol. The van der Waals surface area contributed by atoms with Crippen LogP contribution in [-0.2, 0) is 11.2 Å². The zero-order valence-corrected chi connectivity index (χ0v) is 12.6. The molecule has 108 valence electrons. The second-order valence-electron chi connectivity index (χ2n) is 5.12. The Bertz CT molecular complexity index is 771. The molecule has 0 amide bonds. The summed E-state index contributed by atoms with van der Waals surface area (Å²) in [5.41, 5.74) is 4.42. The summed E-state index contributed by atoms with van der Waals surface area (Å²) in [6.45, 7) is 2.07. The minimum absolute atomic E-state index is 0.205. The quantitative estimate of drug-likeness (QED) is 0.780. The Morgan fingerprint density at radius 1 is 1.33 bits per heavy atom. The van der Waals surface area contributed by atoms with E-state index in [1.54, 1.807) is 11.3 Å². The van der Waals surface area contributed by atoms with Gasteiger partial charge in [0.25, 0.3) is 0 Å². The van der Waals surface area contributed by atoms with Crippen LogP contribution in [0.3, 0.4) is 0 Å². The SMILES string of the molecule is Cc1ccc(-c2cn3c(CCCC(=O)O)csc3n2)cc1. The molecular formula is C16H16N2O2S. The van der Waals surface area contributed by atoms with Gasteiger partial charge in [0.05, 0.1) is 5.69 Å². The average Bonchev–Trinajstić information content (AvgIpc) is 3.01. The number of carboxylic acids is 1. The molecule has 0 saturated heterocycles. The highest BCUT2D eigenvalue weighted by Gasteiger charge is 2.10. The van der Waals surface area contributed by atoms with Gasteiger partial charge in [0.1, 0.15) is 0 Å². The number of hydrogen-bond donors (Lipinski definition) is 1. The van der Waals surface area contributed by atoms with Gasteiger partial charge in [-0.15, -0.1) is 11.3 Å². The van der Waals surface area contributed by atoms with Crippen LogP contribution in [-0.4, -0.2) is 20.5 Å². The van der Waals surface area contributed by atoms with Gasteiger partial charge >= 0.3 is 5.97 Å². The number of carbonyl (C=O) groups is 1. The van der Waals surface area contributed by atoms with Crippen LogP contribution in [0.5, 0.6) is 0 Å². The van der Waals surface area contributed by atoms with E-state index in [9.17, 15) is 4.79 Å². The molecule has 4 nitrogen and oxygen atoms in total. The largest absolute Gasteiger partial charge is 0.481 e. The molecular weight excluding hydrogens is 284 g/mol. The van der Waals surface area contributed by atoms with E-state index in [1.165, 1.54) is 5.56 Å². The third-order valence-corrected chi connectivity index (χ3v) is 4.34. The number of imidazole rings is 1. The second-order valence-corrected chi connectivity index (χ2v) is 5.96. The lowest BCUT2D eigenvalue weighted by atomic mass is 10.1. The summed E-state index contributed by atoms with van der Waals surface area (Å²) in [5, 5.41) is 10.8. The Kier molecular flexibility index (Phi) is 3.75. The van der Waals surface area contributed by atoms with Crippen molar-refractivity contribution in [2.45, 2.75) is 26.2 Å². The maximum atomic E-state index is 10.6. The van der Waals surface area contributed by atoms with Crippen molar-refractivity contribution in [1.82, 2.24) is 9.38 Å². The number of nitrogens with zero attached hydrogens (tertiary/aromatic N) is 2. The smallest absolute Gasteiger partial charge is 0.303 e. The number of fused-ring (bicyclic) bond motifs is 1. The van der Waals surface area contributed by atoms with E-state index >= 15 is 0 Å². The molecule has 3 rings (SSSR count). The minimum atomic E-state index is -0.743. The highest BCUT2D eigenvalue weighted by Crippen LogP contribution is 2.24. The van der Waals surface area contributed by atoms with Crippen molar-refractivity contribution >= 4 is 22.3 Å². The van der Waals surface area contributed by atoms with Gasteiger partial charge in [0, 0.05) is 29.3 Å². The van der Waals surface area contributed by atoms with Crippen molar-refractivity contribution in [2.24, 2.45) is 0 Å². The molecule has 0 bridgehead atoms. The van der Waals surface area contributed by atoms with Gasteiger partial charge in [-0.2, -0.15) is 0 Å². The molecule has 2 heterocycles. The van der Waals surface area contributed by atoms with E-state index in [1.807, 2.05) is 6.20 Å². The Labute approximate surface area is 126 Å². The number of benzene rings is 1. The molecule has 1 aromatic carbocycles. The van der Waals surface area contributed by atoms with Crippen molar-refractivity contribution < 1.29 is 9.90 Å². The fourth-order valence-electron chi connectivity index (χ4n) is 2.29. The monoisotopic (exact) mass is 300 g/mol. The molecule has 3 aromatic rings. The third-order valence-electron chi connectivity index (χ3n) is 3.45. The molecule has 5 heteroatoms. The number of rotatable bonds is 5. The third kappa shape index (κ3) is 2.97. The van der Waals surface area contributed by atoms with E-state index in [0.29, 0.717) is 6.42 Å². The van der Waals surface area contributed by atoms with Crippen molar-refractivity contribution in [3.05, 3.63) is 47.1 Å². The molecule has 0 spiro atoms. The molecule has 0 aliphatic rings. The van der Waals surface area contributed by atoms with E-state index < -0.39 is 5.97 Å². The summed E-state index contributed by atoms with van der Waals surface area (Å²) < 4.78 is 2.07. The maximum absolute atomic E-state index is 10.6. The Morgan fingerprint density at radius 2 is 2.10 bits per heavy atom. The summed E-state index contributed by atoms with van der Waals surface area (Å²) in [6.07, 6.45) is 3.65. The van der Waals surface area contributed by atoms with Crippen molar-refractivity contribution in [2.75, 3.05) is 0 Å². The van der Waals surface area contributed by atoms with Crippen LogP contribution in [0.15, 0.2) is 35.8 Å². The van der Waals surface area contributed by atoms with Crippen LogP contribution in [0, 0.1) is 6.92 Å². The number of aliphatic carboxylic acids is 1. The highest BCUT2D eigenvalue weighted by atomic mass is 32.1. The Hall–Kier alpha value is -2.14. The summed E-state index contributed by atoms with van der Waals surface area (Å²) in [7, 11) is 0. The minimum Gasteiger partial charge on any atom is -0.481 e. The Morgan fingerprint density at radius 3 is 2.81 bits per heavy atom.